The largest absolute Gasteiger partial charge is 0.277 e. The van der Waals surface area contributed by atoms with Gasteiger partial charge in [0.05, 0.1) is 11.0 Å². The first-order chi connectivity index (χ1) is 27.3. The van der Waals surface area contributed by atoms with Crippen molar-refractivity contribution >= 4 is 21.8 Å². The molecule has 4 heteroatoms. The fraction of sp³-hybridized carbons (Fsp3) is 0. The summed E-state index contributed by atoms with van der Waals surface area (Å²) in [5, 5.41) is 2.27. The summed E-state index contributed by atoms with van der Waals surface area (Å²) in [5.74, 6) is 1.79. The Balaban J connectivity index is 1.22. The highest BCUT2D eigenvalue weighted by molar-refractivity contribution is 6.15. The number of para-hydroxylation sites is 1. The van der Waals surface area contributed by atoms with Gasteiger partial charge < -0.3 is 0 Å². The van der Waals surface area contributed by atoms with Gasteiger partial charge in [-0.1, -0.05) is 188 Å². The number of rotatable bonds is 7. The van der Waals surface area contributed by atoms with Gasteiger partial charge in [0, 0.05) is 27.5 Å². The Morgan fingerprint density at radius 1 is 0.291 bits per heavy atom. The number of benzene rings is 8. The van der Waals surface area contributed by atoms with Gasteiger partial charge in [-0.05, 0) is 57.1 Å². The molecule has 0 aliphatic heterocycles. The number of hydrogen-bond acceptors (Lipinski definition) is 3. The maximum Gasteiger partial charge on any atom is 0.238 e. The summed E-state index contributed by atoms with van der Waals surface area (Å²) < 4.78 is 2.23. The highest BCUT2D eigenvalue weighted by atomic mass is 15.2. The van der Waals surface area contributed by atoms with Crippen molar-refractivity contribution in [2.75, 3.05) is 0 Å². The third kappa shape index (κ3) is 6.06. The van der Waals surface area contributed by atoms with Crippen molar-refractivity contribution in [1.29, 1.82) is 0 Å². The van der Waals surface area contributed by atoms with Crippen molar-refractivity contribution < 1.29 is 0 Å². The average molecular weight is 703 g/mol. The Morgan fingerprint density at radius 3 is 1.20 bits per heavy atom. The first-order valence-corrected chi connectivity index (χ1v) is 18.5. The molecule has 0 amide bonds. The fourth-order valence-electron chi connectivity index (χ4n) is 7.55. The molecule has 0 bridgehead atoms. The molecule has 0 atom stereocenters. The van der Waals surface area contributed by atoms with Crippen molar-refractivity contribution in [3.63, 3.8) is 0 Å². The van der Waals surface area contributed by atoms with Gasteiger partial charge in [-0.3, -0.25) is 4.57 Å². The van der Waals surface area contributed by atoms with Gasteiger partial charge in [-0.15, -0.1) is 0 Å². The van der Waals surface area contributed by atoms with Crippen LogP contribution in [-0.4, -0.2) is 19.5 Å². The van der Waals surface area contributed by atoms with Crippen LogP contribution in [-0.2, 0) is 0 Å². The van der Waals surface area contributed by atoms with E-state index in [0.29, 0.717) is 17.6 Å². The first-order valence-electron chi connectivity index (χ1n) is 18.5. The molecule has 0 saturated carbocycles. The molecule has 10 rings (SSSR count). The van der Waals surface area contributed by atoms with Crippen molar-refractivity contribution in [3.05, 3.63) is 206 Å². The minimum Gasteiger partial charge on any atom is -0.277 e. The van der Waals surface area contributed by atoms with E-state index in [2.05, 4.69) is 199 Å². The minimum atomic E-state index is 0.565. The van der Waals surface area contributed by atoms with E-state index in [1.54, 1.807) is 0 Å². The zero-order chi connectivity index (χ0) is 36.6. The highest BCUT2D eigenvalue weighted by Crippen LogP contribution is 2.41. The molecule has 4 nitrogen and oxygen atoms in total. The minimum absolute atomic E-state index is 0.565. The van der Waals surface area contributed by atoms with Crippen LogP contribution in [0, 0.1) is 0 Å². The first kappa shape index (κ1) is 32.2. The van der Waals surface area contributed by atoms with E-state index in [4.69, 9.17) is 15.0 Å². The van der Waals surface area contributed by atoms with E-state index in [1.165, 1.54) is 5.56 Å². The average Bonchev–Trinajstić information content (AvgIpc) is 3.62. The van der Waals surface area contributed by atoms with Gasteiger partial charge in [0.1, 0.15) is 0 Å². The number of nitrogens with zero attached hydrogens (tertiary/aromatic N) is 4. The van der Waals surface area contributed by atoms with Crippen LogP contribution in [0.1, 0.15) is 0 Å². The molecule has 8 aromatic carbocycles. The summed E-state index contributed by atoms with van der Waals surface area (Å²) >= 11 is 0. The van der Waals surface area contributed by atoms with Gasteiger partial charge in [0.25, 0.3) is 0 Å². The van der Waals surface area contributed by atoms with E-state index in [0.717, 1.165) is 71.9 Å². The Kier molecular flexibility index (Phi) is 8.12. The summed E-state index contributed by atoms with van der Waals surface area (Å²) in [4.78, 5) is 15.7. The number of fused-ring (bicyclic) bond motifs is 3. The molecule has 2 aromatic heterocycles. The molecule has 2 heterocycles. The molecule has 258 valence electrons. The lowest BCUT2D eigenvalue weighted by Gasteiger charge is -2.14. The topological polar surface area (TPSA) is 43.6 Å². The van der Waals surface area contributed by atoms with Gasteiger partial charge in [0.15, 0.2) is 11.6 Å². The van der Waals surface area contributed by atoms with Crippen LogP contribution < -0.4 is 0 Å². The Morgan fingerprint density at radius 2 is 0.691 bits per heavy atom. The summed E-state index contributed by atoms with van der Waals surface area (Å²) in [5.41, 5.74) is 13.1. The molecule has 0 spiro atoms. The summed E-state index contributed by atoms with van der Waals surface area (Å²) in [6.07, 6.45) is 0. The Hall–Kier alpha value is -7.43. The lowest BCUT2D eigenvalue weighted by Crippen LogP contribution is -2.07. The predicted molar refractivity (Wildman–Crippen MR) is 227 cm³/mol. The van der Waals surface area contributed by atoms with Crippen LogP contribution in [0.15, 0.2) is 206 Å². The lowest BCUT2D eigenvalue weighted by molar-refractivity contribution is 0.954. The summed E-state index contributed by atoms with van der Waals surface area (Å²) in [6, 6.07) is 72.2. The second-order valence-electron chi connectivity index (χ2n) is 13.7. The molecule has 0 fully saturated rings. The molecular formula is C51H34N4. The maximum atomic E-state index is 5.30. The van der Waals surface area contributed by atoms with E-state index < -0.39 is 0 Å². The van der Waals surface area contributed by atoms with Crippen LogP contribution in [0.4, 0.5) is 0 Å². The van der Waals surface area contributed by atoms with Crippen LogP contribution >= 0.6 is 0 Å². The molecule has 0 N–H and O–H groups in total. The molecule has 10 aromatic rings. The number of hydrogen-bond donors (Lipinski definition) is 0. The number of aromatic nitrogens is 4. The monoisotopic (exact) mass is 702 g/mol. The molecule has 55 heavy (non-hydrogen) atoms. The van der Waals surface area contributed by atoms with E-state index >= 15 is 0 Å². The molecule has 0 radical (unpaired) electrons. The van der Waals surface area contributed by atoms with Crippen LogP contribution in [0.3, 0.4) is 0 Å². The van der Waals surface area contributed by atoms with E-state index in [-0.39, 0.29) is 0 Å². The Bertz CT molecular complexity index is 2820. The van der Waals surface area contributed by atoms with E-state index in [9.17, 15) is 0 Å². The molecule has 0 aliphatic carbocycles. The predicted octanol–water partition coefficient (Wildman–Crippen LogP) is 13.0. The smallest absolute Gasteiger partial charge is 0.238 e. The SMILES string of the molecule is c1ccc(-c2ccc(-c3nc(-c4ccc(-c5ccccc5)cc4)nc(-n4c5ccccc5c5cc(-c6ccccc6)cc(-c6ccccc6)c54)n3)cc2)cc1. The van der Waals surface area contributed by atoms with Crippen molar-refractivity contribution in [2.24, 2.45) is 0 Å². The zero-order valence-corrected chi connectivity index (χ0v) is 29.9. The second kappa shape index (κ2) is 13.8. The molecular weight excluding hydrogens is 669 g/mol. The third-order valence-electron chi connectivity index (χ3n) is 10.3. The van der Waals surface area contributed by atoms with Crippen LogP contribution in [0.5, 0.6) is 0 Å². The van der Waals surface area contributed by atoms with Crippen molar-refractivity contribution in [1.82, 2.24) is 19.5 Å². The second-order valence-corrected chi connectivity index (χ2v) is 13.7. The highest BCUT2D eigenvalue weighted by Gasteiger charge is 2.22. The normalized spacial score (nSPS) is 11.3. The third-order valence-corrected chi connectivity index (χ3v) is 10.3. The standard InChI is InChI=1S/C51H34N4/c1-5-15-35(16-6-1)38-25-29-41(30-26-38)49-52-50(42-31-27-39(28-32-42)36-17-7-2-8-18-36)54-51(53-49)55-47-24-14-13-23-44(47)46-34-43(37-19-9-3-10-20-37)33-45(48(46)55)40-21-11-4-12-22-40/h1-34H. The van der Waals surface area contributed by atoms with Crippen LogP contribution in [0.25, 0.3) is 95.0 Å². The van der Waals surface area contributed by atoms with Gasteiger partial charge in [-0.2, -0.15) is 9.97 Å². The van der Waals surface area contributed by atoms with Crippen LogP contribution in [0.2, 0.25) is 0 Å². The molecule has 0 saturated heterocycles. The Labute approximate surface area is 319 Å². The van der Waals surface area contributed by atoms with Crippen molar-refractivity contribution in [2.45, 2.75) is 0 Å². The lowest BCUT2D eigenvalue weighted by atomic mass is 9.95. The van der Waals surface area contributed by atoms with E-state index in [1.807, 2.05) is 12.1 Å². The van der Waals surface area contributed by atoms with Gasteiger partial charge >= 0.3 is 0 Å². The quantitative estimate of drug-likeness (QED) is 0.166. The zero-order valence-electron chi connectivity index (χ0n) is 29.9. The van der Waals surface area contributed by atoms with Gasteiger partial charge in [-0.25, -0.2) is 4.98 Å². The summed E-state index contributed by atoms with van der Waals surface area (Å²) in [6.45, 7) is 0. The fourth-order valence-corrected chi connectivity index (χ4v) is 7.55. The van der Waals surface area contributed by atoms with Gasteiger partial charge in [0.2, 0.25) is 5.95 Å². The molecule has 0 aliphatic rings. The van der Waals surface area contributed by atoms with Crippen molar-refractivity contribution in [3.8, 4) is 73.2 Å². The maximum absolute atomic E-state index is 5.30. The molecule has 0 unspecified atom stereocenters. The summed E-state index contributed by atoms with van der Waals surface area (Å²) in [7, 11) is 0.